The van der Waals surface area contributed by atoms with Crippen LogP contribution in [0, 0.1) is 0 Å². The van der Waals surface area contributed by atoms with Gasteiger partial charge in [0, 0.05) is 42.5 Å². The van der Waals surface area contributed by atoms with Crippen LogP contribution in [0.4, 0.5) is 24.7 Å². The zero-order chi connectivity index (χ0) is 37.1. The van der Waals surface area contributed by atoms with Gasteiger partial charge in [-0.3, -0.25) is 9.59 Å². The molecular weight excluding hydrogens is 667 g/mol. The van der Waals surface area contributed by atoms with Crippen molar-refractivity contribution in [3.05, 3.63) is 89.6 Å². The molecule has 1 fully saturated rings. The minimum absolute atomic E-state index is 0.0104. The van der Waals surface area contributed by atoms with Gasteiger partial charge in [0.2, 0.25) is 5.91 Å². The second-order valence-electron chi connectivity index (χ2n) is 12.0. The van der Waals surface area contributed by atoms with Gasteiger partial charge >= 0.3 is 12.1 Å². The summed E-state index contributed by atoms with van der Waals surface area (Å²) < 4.78 is 43.6. The number of ether oxygens (including phenoxy) is 2. The van der Waals surface area contributed by atoms with Crippen molar-refractivity contribution in [1.29, 1.82) is 0 Å². The van der Waals surface area contributed by atoms with Crippen LogP contribution in [0.15, 0.2) is 72.9 Å². The van der Waals surface area contributed by atoms with Crippen molar-refractivity contribution in [1.82, 2.24) is 15.2 Å². The zero-order valence-electron chi connectivity index (χ0n) is 28.6. The van der Waals surface area contributed by atoms with Crippen molar-refractivity contribution in [2.45, 2.75) is 64.9 Å². The Kier molecular flexibility index (Phi) is 13.1. The average Bonchev–Trinajstić information content (AvgIpc) is 3.10. The van der Waals surface area contributed by atoms with Gasteiger partial charge in [0.25, 0.3) is 5.91 Å². The van der Waals surface area contributed by atoms with Gasteiger partial charge < -0.3 is 35.8 Å². The summed E-state index contributed by atoms with van der Waals surface area (Å²) >= 11 is 0. The molecule has 5 N–H and O–H groups in total. The highest BCUT2D eigenvalue weighted by Crippen LogP contribution is 2.33. The number of piperidine rings is 1. The minimum Gasteiger partial charge on any atom is -0.490 e. The normalized spacial score (nSPS) is 13.5. The summed E-state index contributed by atoms with van der Waals surface area (Å²) in [6.45, 7) is 8.00. The van der Waals surface area contributed by atoms with E-state index >= 15 is 0 Å². The maximum Gasteiger partial charge on any atom is 0.490 e. The number of nitrogens with zero attached hydrogens (tertiary/aromatic N) is 2. The van der Waals surface area contributed by atoms with E-state index in [2.05, 4.69) is 15.6 Å². The van der Waals surface area contributed by atoms with Gasteiger partial charge in [0.1, 0.15) is 11.9 Å². The monoisotopic (exact) mass is 709 g/mol. The van der Waals surface area contributed by atoms with Crippen LogP contribution in [0.5, 0.6) is 11.5 Å². The number of nitrogens with one attached hydrogen (secondary N) is 2. The van der Waals surface area contributed by atoms with Gasteiger partial charge in [0.15, 0.2) is 11.5 Å². The smallest absolute Gasteiger partial charge is 0.490 e. The van der Waals surface area contributed by atoms with Gasteiger partial charge in [-0.2, -0.15) is 13.2 Å². The highest BCUT2D eigenvalue weighted by molar-refractivity contribution is 5.96. The van der Waals surface area contributed by atoms with Crippen LogP contribution >= 0.6 is 0 Å². The van der Waals surface area contributed by atoms with E-state index in [1.807, 2.05) is 92.4 Å². The van der Waals surface area contributed by atoms with Crippen molar-refractivity contribution >= 4 is 40.1 Å². The quantitative estimate of drug-likeness (QED) is 0.133. The van der Waals surface area contributed by atoms with E-state index in [0.717, 1.165) is 54.4 Å². The molecule has 0 aliphatic carbocycles. The first-order valence-corrected chi connectivity index (χ1v) is 16.6. The summed E-state index contributed by atoms with van der Waals surface area (Å²) in [6.07, 6.45) is -0.283. The number of aromatic nitrogens is 1. The molecule has 51 heavy (non-hydrogen) atoms. The molecule has 3 aromatic carbocycles. The van der Waals surface area contributed by atoms with Crippen LogP contribution in [-0.4, -0.2) is 64.8 Å². The number of benzene rings is 3. The molecule has 14 heteroatoms. The van der Waals surface area contributed by atoms with E-state index in [-0.39, 0.29) is 24.5 Å². The van der Waals surface area contributed by atoms with Crippen molar-refractivity contribution in [3.63, 3.8) is 0 Å². The van der Waals surface area contributed by atoms with Crippen LogP contribution in [0.1, 0.15) is 67.6 Å². The lowest BCUT2D eigenvalue weighted by atomic mass is 10.0. The Labute approximate surface area is 293 Å². The van der Waals surface area contributed by atoms with Crippen LogP contribution in [0.2, 0.25) is 0 Å². The molecule has 1 unspecified atom stereocenters. The maximum atomic E-state index is 14.0. The zero-order valence-corrected chi connectivity index (χ0v) is 28.6. The summed E-state index contributed by atoms with van der Waals surface area (Å²) in [4.78, 5) is 42.3. The highest BCUT2D eigenvalue weighted by Gasteiger charge is 2.38. The van der Waals surface area contributed by atoms with Gasteiger partial charge in [-0.15, -0.1) is 0 Å². The predicted octanol–water partition coefficient (Wildman–Crippen LogP) is 6.73. The number of carboxylic acids is 1. The molecule has 1 saturated heterocycles. The van der Waals surface area contributed by atoms with Crippen molar-refractivity contribution < 1.29 is 42.1 Å². The number of likely N-dealkylation sites (tertiary alicyclic amines) is 1. The first-order chi connectivity index (χ1) is 24.3. The molecule has 1 atom stereocenters. The van der Waals surface area contributed by atoms with Crippen LogP contribution in [0.3, 0.4) is 0 Å². The maximum absolute atomic E-state index is 14.0. The van der Waals surface area contributed by atoms with Crippen molar-refractivity contribution in [3.8, 4) is 11.5 Å². The molecule has 11 nitrogen and oxygen atoms in total. The largest absolute Gasteiger partial charge is 0.490 e. The number of rotatable bonds is 11. The molecule has 0 saturated carbocycles. The number of carboxylic acid groups (broad SMARTS) is 1. The third kappa shape index (κ3) is 10.5. The fourth-order valence-corrected chi connectivity index (χ4v) is 5.52. The Bertz CT molecular complexity index is 1830. The number of hydrogen-bond donors (Lipinski definition) is 4. The lowest BCUT2D eigenvalue weighted by Gasteiger charge is -2.27. The van der Waals surface area contributed by atoms with Crippen LogP contribution in [0.25, 0.3) is 10.8 Å². The Balaban J connectivity index is 0.000000755. The molecule has 5 rings (SSSR count). The molecule has 2 heterocycles. The topological polar surface area (TPSA) is 156 Å². The summed E-state index contributed by atoms with van der Waals surface area (Å²) in [5, 5.41) is 15.4. The summed E-state index contributed by atoms with van der Waals surface area (Å²) in [7, 11) is 0. The third-order valence-corrected chi connectivity index (χ3v) is 7.92. The predicted molar refractivity (Wildman–Crippen MR) is 188 cm³/mol. The number of carbonyl (C=O) groups excluding carboxylic acids is 2. The number of anilines is 2. The van der Waals surface area contributed by atoms with E-state index in [1.165, 1.54) is 0 Å². The molecular formula is C37H42F3N5O6. The minimum atomic E-state index is -5.08. The van der Waals surface area contributed by atoms with E-state index < -0.39 is 18.2 Å². The summed E-state index contributed by atoms with van der Waals surface area (Å²) in [6, 6.07) is 19.9. The SMILES string of the molecule is CCOc1cc(C(Nc2ccc3c(N)nccc3c2)C(=O)NCc2ccccc2C(=O)N2CCCCC2)ccc1OC(C)C.O=C(O)C(F)(F)F. The van der Waals surface area contributed by atoms with E-state index in [1.54, 1.807) is 6.20 Å². The number of pyridine rings is 1. The fraction of sp³-hybridized carbons (Fsp3) is 0.351. The van der Waals surface area contributed by atoms with Crippen LogP contribution < -0.4 is 25.8 Å². The standard InChI is InChI=1S/C35H41N5O4.C2HF3O2/c1-4-43-31-21-25(12-15-30(31)44-23(2)3)32(39-27-13-14-28-24(20-27)16-17-37-33(28)36)34(41)38-22-26-10-6-7-11-29(26)35(42)40-18-8-5-9-19-40;3-2(4,5)1(6)7/h6-7,10-17,20-21,23,32,39H,4-5,8-9,18-19,22H2,1-3H3,(H2,36,37)(H,38,41);(H,6,7). The first-order valence-electron chi connectivity index (χ1n) is 16.6. The number of carbonyl (C=O) groups is 3. The molecule has 4 aromatic rings. The Morgan fingerprint density at radius 1 is 0.980 bits per heavy atom. The first kappa shape index (κ1) is 38.3. The fourth-order valence-electron chi connectivity index (χ4n) is 5.52. The van der Waals surface area contributed by atoms with Gasteiger partial charge in [-0.25, -0.2) is 9.78 Å². The summed E-state index contributed by atoms with van der Waals surface area (Å²) in [5.74, 6) is -1.37. The number of halogens is 3. The molecule has 1 aliphatic heterocycles. The lowest BCUT2D eigenvalue weighted by Crippen LogP contribution is -2.37. The van der Waals surface area contributed by atoms with Gasteiger partial charge in [-0.1, -0.05) is 24.3 Å². The number of nitrogens with two attached hydrogens (primary N) is 1. The van der Waals surface area contributed by atoms with Crippen LogP contribution in [-0.2, 0) is 16.1 Å². The molecule has 2 amide bonds. The van der Waals surface area contributed by atoms with Crippen molar-refractivity contribution in [2.24, 2.45) is 0 Å². The molecule has 272 valence electrons. The van der Waals surface area contributed by atoms with E-state index in [0.29, 0.717) is 35.1 Å². The summed E-state index contributed by atoms with van der Waals surface area (Å²) in [5.41, 5.74) is 8.91. The average molecular weight is 710 g/mol. The Morgan fingerprint density at radius 2 is 1.69 bits per heavy atom. The van der Waals surface area contributed by atoms with E-state index in [9.17, 15) is 22.8 Å². The Hall–Kier alpha value is -5.53. The Morgan fingerprint density at radius 3 is 2.35 bits per heavy atom. The molecule has 1 aromatic heterocycles. The lowest BCUT2D eigenvalue weighted by molar-refractivity contribution is -0.192. The molecule has 1 aliphatic rings. The van der Waals surface area contributed by atoms with Crippen molar-refractivity contribution in [2.75, 3.05) is 30.7 Å². The van der Waals surface area contributed by atoms with Gasteiger partial charge in [0.05, 0.1) is 12.7 Å². The number of alkyl halides is 3. The molecule has 0 bridgehead atoms. The van der Waals surface area contributed by atoms with Gasteiger partial charge in [-0.05, 0) is 99.0 Å². The number of amides is 2. The highest BCUT2D eigenvalue weighted by atomic mass is 19.4. The third-order valence-electron chi connectivity index (χ3n) is 7.92. The second kappa shape index (κ2) is 17.4. The number of nitrogen functional groups attached to an aromatic ring is 1. The second-order valence-corrected chi connectivity index (χ2v) is 12.0. The number of fused-ring (bicyclic) bond motifs is 1. The van der Waals surface area contributed by atoms with E-state index in [4.69, 9.17) is 25.1 Å². The number of hydrogen-bond acceptors (Lipinski definition) is 8. The molecule has 0 spiro atoms. The molecule has 0 radical (unpaired) electrons. The number of aliphatic carboxylic acids is 1.